The second-order valence-electron chi connectivity index (χ2n) is 8.82. The highest BCUT2D eigenvalue weighted by molar-refractivity contribution is 9.10. The van der Waals surface area contributed by atoms with Crippen LogP contribution in [0.15, 0.2) is 64.2 Å². The molecule has 0 unspecified atom stereocenters. The molecule has 0 saturated carbocycles. The van der Waals surface area contributed by atoms with Gasteiger partial charge < -0.3 is 14.8 Å². The van der Waals surface area contributed by atoms with E-state index in [0.29, 0.717) is 22.5 Å². The van der Waals surface area contributed by atoms with Gasteiger partial charge >= 0.3 is 6.09 Å². The predicted octanol–water partition coefficient (Wildman–Crippen LogP) is 5.36. The van der Waals surface area contributed by atoms with Gasteiger partial charge in [0.1, 0.15) is 17.2 Å². The van der Waals surface area contributed by atoms with Crippen LogP contribution < -0.4 is 10.1 Å². The Kier molecular flexibility index (Phi) is 10.2. The molecule has 0 aliphatic carbocycles. The summed E-state index contributed by atoms with van der Waals surface area (Å²) in [6.45, 7) is 11.7. The summed E-state index contributed by atoms with van der Waals surface area (Å²) in [6.07, 6.45) is -0.123. The lowest BCUT2D eigenvalue weighted by Crippen LogP contribution is -2.38. The summed E-state index contributed by atoms with van der Waals surface area (Å²) < 4.78 is 41.5. The number of benzene rings is 2. The van der Waals surface area contributed by atoms with E-state index in [1.165, 1.54) is 17.0 Å². The largest absolute Gasteiger partial charge is 0.492 e. The SMILES string of the molecule is C=C(NC)N(Cc1ccc(OCCCOS(=O)(=O)c2ccc(C)cc2)c(Br)c1)C(=O)OC(C)(C)C. The molecule has 8 nitrogen and oxygen atoms in total. The van der Waals surface area contributed by atoms with Gasteiger partial charge in [-0.15, -0.1) is 0 Å². The zero-order valence-electron chi connectivity index (χ0n) is 20.8. The molecule has 192 valence electrons. The van der Waals surface area contributed by atoms with Crippen LogP contribution >= 0.6 is 15.9 Å². The Bertz CT molecular complexity index is 1130. The normalized spacial score (nSPS) is 11.6. The number of rotatable bonds is 11. The molecule has 2 rings (SSSR count). The molecule has 35 heavy (non-hydrogen) atoms. The lowest BCUT2D eigenvalue weighted by atomic mass is 10.2. The molecule has 0 aliphatic rings. The van der Waals surface area contributed by atoms with Crippen molar-refractivity contribution in [2.75, 3.05) is 20.3 Å². The van der Waals surface area contributed by atoms with Crippen molar-refractivity contribution in [3.8, 4) is 5.75 Å². The average molecular weight is 570 g/mol. The van der Waals surface area contributed by atoms with Crippen LogP contribution in [0.3, 0.4) is 0 Å². The van der Waals surface area contributed by atoms with Gasteiger partial charge in [0.25, 0.3) is 10.1 Å². The van der Waals surface area contributed by atoms with Crippen LogP contribution in [-0.4, -0.2) is 45.3 Å². The Morgan fingerprint density at radius 2 is 1.77 bits per heavy atom. The number of halogens is 1. The second-order valence-corrected chi connectivity index (χ2v) is 11.3. The summed E-state index contributed by atoms with van der Waals surface area (Å²) in [4.78, 5) is 14.2. The molecule has 0 fully saturated rings. The van der Waals surface area contributed by atoms with Crippen molar-refractivity contribution in [1.82, 2.24) is 10.2 Å². The van der Waals surface area contributed by atoms with Crippen LogP contribution in [-0.2, 0) is 25.6 Å². The Morgan fingerprint density at radius 1 is 1.11 bits per heavy atom. The van der Waals surface area contributed by atoms with E-state index in [-0.39, 0.29) is 24.7 Å². The summed E-state index contributed by atoms with van der Waals surface area (Å²) in [5, 5.41) is 2.88. The van der Waals surface area contributed by atoms with Gasteiger partial charge in [-0.2, -0.15) is 8.42 Å². The number of aryl methyl sites for hydroxylation is 1. The Balaban J connectivity index is 1.91. The molecule has 0 bridgehead atoms. The molecule has 2 aromatic carbocycles. The smallest absolute Gasteiger partial charge is 0.416 e. The first kappa shape index (κ1) is 28.7. The van der Waals surface area contributed by atoms with Gasteiger partial charge in [0.2, 0.25) is 0 Å². The van der Waals surface area contributed by atoms with E-state index in [0.717, 1.165) is 11.1 Å². The van der Waals surface area contributed by atoms with Gasteiger partial charge in [-0.3, -0.25) is 9.08 Å². The van der Waals surface area contributed by atoms with E-state index in [4.69, 9.17) is 13.7 Å². The standard InChI is InChI=1S/C25H33BrN2O6S/c1-18-8-11-21(12-9-18)35(30,31)33-15-7-14-32-23-13-10-20(16-22(23)26)17-28(19(2)27-6)24(29)34-25(3,4)5/h8-13,16,27H,2,7,14-15,17H2,1,3-6H3. The van der Waals surface area contributed by atoms with Crippen LogP contribution in [0.5, 0.6) is 5.75 Å². The van der Waals surface area contributed by atoms with E-state index in [1.807, 2.05) is 19.1 Å². The fraction of sp³-hybridized carbons (Fsp3) is 0.400. The van der Waals surface area contributed by atoms with E-state index in [1.54, 1.807) is 46.0 Å². The van der Waals surface area contributed by atoms with Crippen molar-refractivity contribution in [2.24, 2.45) is 0 Å². The first-order valence-corrected chi connectivity index (χ1v) is 13.3. The highest BCUT2D eigenvalue weighted by atomic mass is 79.9. The quantitative estimate of drug-likeness (QED) is 0.288. The van der Waals surface area contributed by atoms with Crippen LogP contribution in [0.4, 0.5) is 4.79 Å². The zero-order chi connectivity index (χ0) is 26.2. The minimum Gasteiger partial charge on any atom is -0.492 e. The average Bonchev–Trinajstić information content (AvgIpc) is 2.77. The highest BCUT2D eigenvalue weighted by Gasteiger charge is 2.24. The highest BCUT2D eigenvalue weighted by Crippen LogP contribution is 2.27. The van der Waals surface area contributed by atoms with Crippen LogP contribution in [0.2, 0.25) is 0 Å². The van der Waals surface area contributed by atoms with E-state index >= 15 is 0 Å². The number of carbonyl (C=O) groups is 1. The van der Waals surface area contributed by atoms with Crippen molar-refractivity contribution in [3.05, 3.63) is 70.5 Å². The van der Waals surface area contributed by atoms with E-state index in [2.05, 4.69) is 27.8 Å². The van der Waals surface area contributed by atoms with E-state index < -0.39 is 21.8 Å². The molecule has 10 heteroatoms. The third-order valence-electron chi connectivity index (χ3n) is 4.66. The minimum absolute atomic E-state index is 0.00287. The molecule has 0 radical (unpaired) electrons. The molecule has 0 atom stereocenters. The summed E-state index contributed by atoms with van der Waals surface area (Å²) in [5.41, 5.74) is 1.17. The first-order chi connectivity index (χ1) is 16.3. The van der Waals surface area contributed by atoms with Gasteiger partial charge in [0, 0.05) is 13.5 Å². The maximum Gasteiger partial charge on any atom is 0.416 e. The molecular weight excluding hydrogens is 536 g/mol. The summed E-state index contributed by atoms with van der Waals surface area (Å²) in [6, 6.07) is 11.9. The number of nitrogens with zero attached hydrogens (tertiary/aromatic N) is 1. The lowest BCUT2D eigenvalue weighted by molar-refractivity contribution is 0.0290. The van der Waals surface area contributed by atoms with Gasteiger partial charge in [0.05, 0.1) is 29.1 Å². The fourth-order valence-electron chi connectivity index (χ4n) is 2.85. The van der Waals surface area contributed by atoms with Crippen molar-refractivity contribution in [1.29, 1.82) is 0 Å². The van der Waals surface area contributed by atoms with Crippen molar-refractivity contribution in [3.63, 3.8) is 0 Å². The molecular formula is C25H33BrN2O6S. The minimum atomic E-state index is -3.79. The predicted molar refractivity (Wildman–Crippen MR) is 139 cm³/mol. The molecule has 2 aromatic rings. The van der Waals surface area contributed by atoms with Gasteiger partial charge in [-0.05, 0) is 73.5 Å². The summed E-state index contributed by atoms with van der Waals surface area (Å²) >= 11 is 3.49. The third-order valence-corrected chi connectivity index (χ3v) is 6.61. The Morgan fingerprint density at radius 3 is 2.34 bits per heavy atom. The fourth-order valence-corrected chi connectivity index (χ4v) is 4.33. The number of amides is 1. The maximum absolute atomic E-state index is 12.6. The third kappa shape index (κ3) is 9.19. The van der Waals surface area contributed by atoms with Crippen molar-refractivity contribution >= 4 is 32.1 Å². The molecule has 0 aromatic heterocycles. The summed E-state index contributed by atoms with van der Waals surface area (Å²) in [5.74, 6) is 1.00. The van der Waals surface area contributed by atoms with Crippen LogP contribution in [0, 0.1) is 6.92 Å². The number of hydrogen-bond acceptors (Lipinski definition) is 7. The molecule has 1 N–H and O–H groups in total. The molecule has 0 aliphatic heterocycles. The summed E-state index contributed by atoms with van der Waals surface area (Å²) in [7, 11) is -2.11. The molecule has 1 amide bonds. The topological polar surface area (TPSA) is 94.2 Å². The maximum atomic E-state index is 12.6. The number of nitrogens with one attached hydrogen (secondary N) is 1. The number of carbonyl (C=O) groups excluding carboxylic acids is 1. The molecule has 0 saturated heterocycles. The van der Waals surface area contributed by atoms with Crippen LogP contribution in [0.1, 0.15) is 38.3 Å². The van der Waals surface area contributed by atoms with Gasteiger partial charge in [-0.1, -0.05) is 30.3 Å². The monoisotopic (exact) mass is 568 g/mol. The van der Waals surface area contributed by atoms with E-state index in [9.17, 15) is 13.2 Å². The zero-order valence-corrected chi connectivity index (χ0v) is 23.2. The van der Waals surface area contributed by atoms with Crippen LogP contribution in [0.25, 0.3) is 0 Å². The lowest BCUT2D eigenvalue weighted by Gasteiger charge is -2.28. The molecule has 0 heterocycles. The number of hydrogen-bond donors (Lipinski definition) is 1. The van der Waals surface area contributed by atoms with Crippen molar-refractivity contribution < 1.29 is 26.9 Å². The first-order valence-electron chi connectivity index (χ1n) is 11.1. The second kappa shape index (κ2) is 12.4. The van der Waals surface area contributed by atoms with Crippen molar-refractivity contribution in [2.45, 2.75) is 51.2 Å². The Labute approximate surface area is 216 Å². The van der Waals surface area contributed by atoms with Gasteiger partial charge in [-0.25, -0.2) is 4.79 Å². The molecule has 0 spiro atoms. The Hall–Kier alpha value is -2.56. The number of ether oxygens (including phenoxy) is 2. The van der Waals surface area contributed by atoms with Gasteiger partial charge in [0.15, 0.2) is 0 Å².